The number of aromatic hydroxyl groups is 1. The molecule has 0 saturated carbocycles. The van der Waals surface area contributed by atoms with Crippen LogP contribution in [0.3, 0.4) is 0 Å². The molecule has 0 aliphatic carbocycles. The highest BCUT2D eigenvalue weighted by Crippen LogP contribution is 2.28. The lowest BCUT2D eigenvalue weighted by Gasteiger charge is -2.09. The summed E-state index contributed by atoms with van der Waals surface area (Å²) in [6, 6.07) is 11.5. The molecular formula is C17H16N4O4S. The summed E-state index contributed by atoms with van der Waals surface area (Å²) in [5.41, 5.74) is 1.20. The third-order valence-electron chi connectivity index (χ3n) is 3.57. The van der Waals surface area contributed by atoms with Crippen molar-refractivity contribution >= 4 is 17.5 Å². The topological polar surface area (TPSA) is 99.4 Å². The number of hydrogen-bond acceptors (Lipinski definition) is 8. The van der Waals surface area contributed by atoms with Crippen molar-refractivity contribution < 1.29 is 19.4 Å². The zero-order valence-electron chi connectivity index (χ0n) is 14.1. The Morgan fingerprint density at radius 2 is 1.85 bits per heavy atom. The monoisotopic (exact) mass is 372 g/mol. The van der Waals surface area contributed by atoms with Crippen LogP contribution in [0, 0.1) is 0 Å². The van der Waals surface area contributed by atoms with Crippen LogP contribution in [0.5, 0.6) is 17.2 Å². The summed E-state index contributed by atoms with van der Waals surface area (Å²) in [7, 11) is 3.06. The maximum atomic E-state index is 12.5. The SMILES string of the molecule is COc1ccc(C(=O)CSc2nnnn2-c2ccc(O)cc2)cc1OC. The van der Waals surface area contributed by atoms with Crippen LogP contribution in [0.4, 0.5) is 0 Å². The molecule has 26 heavy (non-hydrogen) atoms. The summed E-state index contributed by atoms with van der Waals surface area (Å²) in [5.74, 6) is 1.29. The lowest BCUT2D eigenvalue weighted by Crippen LogP contribution is -2.05. The van der Waals surface area contributed by atoms with Gasteiger partial charge in [-0.25, -0.2) is 0 Å². The molecule has 134 valence electrons. The molecule has 3 aromatic rings. The van der Waals surface area contributed by atoms with Crippen molar-refractivity contribution in [1.82, 2.24) is 20.2 Å². The first kappa shape index (κ1) is 17.7. The van der Waals surface area contributed by atoms with Crippen LogP contribution in [0.25, 0.3) is 5.69 Å². The van der Waals surface area contributed by atoms with E-state index >= 15 is 0 Å². The maximum absolute atomic E-state index is 12.5. The third kappa shape index (κ3) is 3.77. The molecule has 2 aromatic carbocycles. The fraction of sp³-hybridized carbons (Fsp3) is 0.176. The Hall–Kier alpha value is -3.07. The number of ketones is 1. The second-order valence-corrected chi connectivity index (χ2v) is 6.11. The predicted molar refractivity (Wildman–Crippen MR) is 95.4 cm³/mol. The summed E-state index contributed by atoms with van der Waals surface area (Å²) in [6.45, 7) is 0. The van der Waals surface area contributed by atoms with Gasteiger partial charge in [0, 0.05) is 5.56 Å². The molecule has 1 heterocycles. The number of aromatic nitrogens is 4. The maximum Gasteiger partial charge on any atom is 0.214 e. The van der Waals surface area contributed by atoms with E-state index in [2.05, 4.69) is 15.5 Å². The van der Waals surface area contributed by atoms with Crippen LogP contribution in [0.2, 0.25) is 0 Å². The smallest absolute Gasteiger partial charge is 0.214 e. The number of tetrazole rings is 1. The molecule has 1 aromatic heterocycles. The number of phenols is 1. The zero-order valence-corrected chi connectivity index (χ0v) is 14.9. The largest absolute Gasteiger partial charge is 0.508 e. The molecule has 0 saturated heterocycles. The minimum absolute atomic E-state index is 0.0868. The predicted octanol–water partition coefficient (Wildman–Crippen LogP) is 2.36. The van der Waals surface area contributed by atoms with E-state index in [9.17, 15) is 9.90 Å². The molecule has 1 N–H and O–H groups in total. The molecule has 0 atom stereocenters. The standard InChI is InChI=1S/C17H16N4O4S/c1-24-15-8-3-11(9-16(15)25-2)14(23)10-26-17-18-19-20-21(17)12-4-6-13(22)7-5-12/h3-9,22H,10H2,1-2H3. The van der Waals surface area contributed by atoms with Crippen LogP contribution < -0.4 is 9.47 Å². The van der Waals surface area contributed by atoms with Crippen molar-refractivity contribution in [3.05, 3.63) is 48.0 Å². The van der Waals surface area contributed by atoms with Gasteiger partial charge in [-0.15, -0.1) is 5.10 Å². The fourth-order valence-electron chi connectivity index (χ4n) is 2.25. The number of benzene rings is 2. The summed E-state index contributed by atoms with van der Waals surface area (Å²) >= 11 is 1.22. The van der Waals surface area contributed by atoms with Gasteiger partial charge >= 0.3 is 0 Å². The Balaban J connectivity index is 1.73. The van der Waals surface area contributed by atoms with Gasteiger partial charge in [0.05, 0.1) is 25.7 Å². The number of hydrogen-bond donors (Lipinski definition) is 1. The first-order valence-corrected chi connectivity index (χ1v) is 8.56. The van der Waals surface area contributed by atoms with Crippen LogP contribution in [-0.4, -0.2) is 51.1 Å². The van der Waals surface area contributed by atoms with Crippen LogP contribution >= 0.6 is 11.8 Å². The van der Waals surface area contributed by atoms with Gasteiger partial charge in [0.2, 0.25) is 5.16 Å². The number of Topliss-reactive ketones (excluding diaryl/α,β-unsaturated/α-hetero) is 1. The minimum Gasteiger partial charge on any atom is -0.508 e. The van der Waals surface area contributed by atoms with Gasteiger partial charge in [0.1, 0.15) is 5.75 Å². The molecule has 0 amide bonds. The van der Waals surface area contributed by atoms with Crippen molar-refractivity contribution in [2.75, 3.05) is 20.0 Å². The summed E-state index contributed by atoms with van der Waals surface area (Å²) < 4.78 is 11.9. The Morgan fingerprint density at radius 3 is 2.54 bits per heavy atom. The minimum atomic E-state index is -0.0868. The quantitative estimate of drug-likeness (QED) is 0.498. The molecule has 9 heteroatoms. The van der Waals surface area contributed by atoms with Crippen molar-refractivity contribution in [2.24, 2.45) is 0 Å². The van der Waals surface area contributed by atoms with Crippen LogP contribution in [-0.2, 0) is 0 Å². The van der Waals surface area contributed by atoms with E-state index in [-0.39, 0.29) is 17.3 Å². The van der Waals surface area contributed by atoms with Gasteiger partial charge in [-0.3, -0.25) is 4.79 Å². The van der Waals surface area contributed by atoms with Gasteiger partial charge in [0.15, 0.2) is 17.3 Å². The second kappa shape index (κ2) is 7.87. The Kier molecular flexibility index (Phi) is 5.37. The zero-order chi connectivity index (χ0) is 18.5. The Morgan fingerprint density at radius 1 is 1.12 bits per heavy atom. The number of rotatable bonds is 7. The number of methoxy groups -OCH3 is 2. The summed E-state index contributed by atoms with van der Waals surface area (Å²) in [4.78, 5) is 12.5. The number of thioether (sulfide) groups is 1. The van der Waals surface area contributed by atoms with Gasteiger partial charge in [0.25, 0.3) is 0 Å². The second-order valence-electron chi connectivity index (χ2n) is 5.17. The number of nitrogens with zero attached hydrogens (tertiary/aromatic N) is 4. The molecular weight excluding hydrogens is 356 g/mol. The van der Waals surface area contributed by atoms with E-state index in [1.807, 2.05) is 0 Å². The first-order valence-electron chi connectivity index (χ1n) is 7.58. The van der Waals surface area contributed by atoms with E-state index in [0.29, 0.717) is 27.9 Å². The third-order valence-corrected chi connectivity index (χ3v) is 4.49. The van der Waals surface area contributed by atoms with Gasteiger partial charge in [-0.2, -0.15) is 4.68 Å². The van der Waals surface area contributed by atoms with E-state index < -0.39 is 0 Å². The average Bonchev–Trinajstić information content (AvgIpc) is 3.14. The van der Waals surface area contributed by atoms with Gasteiger partial charge in [-0.1, -0.05) is 11.8 Å². The van der Waals surface area contributed by atoms with E-state index in [1.165, 1.54) is 23.6 Å². The normalized spacial score (nSPS) is 10.5. The lowest BCUT2D eigenvalue weighted by atomic mass is 10.1. The average molecular weight is 372 g/mol. The molecule has 0 bridgehead atoms. The first-order chi connectivity index (χ1) is 12.6. The molecule has 0 aliphatic heterocycles. The van der Waals surface area contributed by atoms with E-state index in [0.717, 1.165) is 0 Å². The lowest BCUT2D eigenvalue weighted by molar-refractivity contribution is 0.102. The molecule has 0 unspecified atom stereocenters. The van der Waals surface area contributed by atoms with E-state index in [4.69, 9.17) is 9.47 Å². The van der Waals surface area contributed by atoms with Crippen LogP contribution in [0.15, 0.2) is 47.6 Å². The van der Waals surface area contributed by atoms with Crippen molar-refractivity contribution in [3.63, 3.8) is 0 Å². The molecule has 0 radical (unpaired) electrons. The molecule has 0 aliphatic rings. The van der Waals surface area contributed by atoms with Crippen molar-refractivity contribution in [1.29, 1.82) is 0 Å². The Bertz CT molecular complexity index is 911. The van der Waals surface area contributed by atoms with Gasteiger partial charge < -0.3 is 14.6 Å². The number of carbonyl (C=O) groups excluding carboxylic acids is 1. The highest BCUT2D eigenvalue weighted by molar-refractivity contribution is 7.99. The number of phenolic OH excluding ortho intramolecular Hbond substituents is 1. The summed E-state index contributed by atoms with van der Waals surface area (Å²) in [6.07, 6.45) is 0. The fourth-order valence-corrected chi connectivity index (χ4v) is 3.03. The van der Waals surface area contributed by atoms with Crippen LogP contribution in [0.1, 0.15) is 10.4 Å². The molecule has 0 fully saturated rings. The molecule has 0 spiro atoms. The Labute approximate surface area is 153 Å². The van der Waals surface area contributed by atoms with Gasteiger partial charge in [-0.05, 0) is 52.9 Å². The molecule has 8 nitrogen and oxygen atoms in total. The number of ether oxygens (including phenoxy) is 2. The van der Waals surface area contributed by atoms with E-state index in [1.54, 1.807) is 49.6 Å². The highest BCUT2D eigenvalue weighted by Gasteiger charge is 2.15. The highest BCUT2D eigenvalue weighted by atomic mass is 32.2. The number of carbonyl (C=O) groups is 1. The van der Waals surface area contributed by atoms with Crippen molar-refractivity contribution in [3.8, 4) is 22.9 Å². The summed E-state index contributed by atoms with van der Waals surface area (Å²) in [5, 5.41) is 21.4. The van der Waals surface area contributed by atoms with Crippen molar-refractivity contribution in [2.45, 2.75) is 5.16 Å². The molecule has 3 rings (SSSR count).